The smallest absolute Gasteiger partial charge is 0.336 e. The zero-order valence-electron chi connectivity index (χ0n) is 11.1. The van der Waals surface area contributed by atoms with Crippen molar-refractivity contribution < 1.29 is 9.90 Å². The molecular formula is C16H12N2O3. The van der Waals surface area contributed by atoms with Crippen LogP contribution in [0.4, 0.5) is 0 Å². The van der Waals surface area contributed by atoms with Crippen LogP contribution in [0, 0.1) is 0 Å². The number of aromatic nitrogens is 2. The van der Waals surface area contributed by atoms with Crippen LogP contribution in [0.25, 0.3) is 10.8 Å². The quantitative estimate of drug-likeness (QED) is 0.797. The fourth-order valence-electron chi connectivity index (χ4n) is 2.27. The van der Waals surface area contributed by atoms with E-state index in [-0.39, 0.29) is 17.7 Å². The number of benzene rings is 2. The fraction of sp³-hybridized carbons (Fsp3) is 0.0625. The van der Waals surface area contributed by atoms with E-state index in [9.17, 15) is 14.7 Å². The second-order valence-electron chi connectivity index (χ2n) is 4.66. The molecule has 0 aliphatic heterocycles. The first-order valence-electron chi connectivity index (χ1n) is 6.43. The third kappa shape index (κ3) is 2.41. The summed E-state index contributed by atoms with van der Waals surface area (Å²) in [5, 5.41) is 14.6. The Labute approximate surface area is 120 Å². The Morgan fingerprint density at radius 3 is 2.62 bits per heavy atom. The van der Waals surface area contributed by atoms with Gasteiger partial charge in [-0.25, -0.2) is 9.48 Å². The van der Waals surface area contributed by atoms with E-state index in [1.54, 1.807) is 36.5 Å². The molecule has 0 saturated heterocycles. The molecule has 0 atom stereocenters. The van der Waals surface area contributed by atoms with Crippen molar-refractivity contribution in [3.05, 3.63) is 76.2 Å². The molecule has 3 rings (SSSR count). The Balaban J connectivity index is 2.09. The highest BCUT2D eigenvalue weighted by atomic mass is 16.4. The zero-order chi connectivity index (χ0) is 14.8. The standard InChI is InChI=1S/C16H12N2O3/c19-15-13-7-3-1-5-11(13)9-17-18(15)10-12-6-2-4-8-14(12)16(20)21/h1-9H,10H2,(H,20,21). The Bertz CT molecular complexity index is 884. The van der Waals surface area contributed by atoms with Crippen molar-refractivity contribution in [3.63, 3.8) is 0 Å². The maximum Gasteiger partial charge on any atom is 0.336 e. The van der Waals surface area contributed by atoms with Crippen molar-refractivity contribution >= 4 is 16.7 Å². The molecule has 1 N–H and O–H groups in total. The number of carbonyl (C=O) groups is 1. The van der Waals surface area contributed by atoms with Crippen molar-refractivity contribution in [1.82, 2.24) is 9.78 Å². The minimum Gasteiger partial charge on any atom is -0.478 e. The van der Waals surface area contributed by atoms with E-state index in [0.717, 1.165) is 5.39 Å². The molecule has 3 aromatic rings. The van der Waals surface area contributed by atoms with Gasteiger partial charge in [0.25, 0.3) is 5.56 Å². The number of nitrogens with zero attached hydrogens (tertiary/aromatic N) is 2. The van der Waals surface area contributed by atoms with Crippen LogP contribution in [0.15, 0.2) is 59.5 Å². The maximum absolute atomic E-state index is 12.4. The SMILES string of the molecule is O=C(O)c1ccccc1Cn1ncc2ccccc2c1=O. The molecule has 0 fully saturated rings. The average Bonchev–Trinajstić information content (AvgIpc) is 2.51. The summed E-state index contributed by atoms with van der Waals surface area (Å²) in [5.74, 6) is -1.01. The van der Waals surface area contributed by atoms with Crippen molar-refractivity contribution in [2.45, 2.75) is 6.54 Å². The van der Waals surface area contributed by atoms with E-state index in [1.807, 2.05) is 12.1 Å². The lowest BCUT2D eigenvalue weighted by Crippen LogP contribution is -2.24. The predicted molar refractivity (Wildman–Crippen MR) is 78.5 cm³/mol. The van der Waals surface area contributed by atoms with E-state index < -0.39 is 5.97 Å². The molecule has 2 aromatic carbocycles. The highest BCUT2D eigenvalue weighted by Gasteiger charge is 2.11. The van der Waals surface area contributed by atoms with Crippen molar-refractivity contribution in [3.8, 4) is 0 Å². The summed E-state index contributed by atoms with van der Waals surface area (Å²) in [7, 11) is 0. The molecule has 104 valence electrons. The van der Waals surface area contributed by atoms with E-state index in [2.05, 4.69) is 5.10 Å². The molecule has 1 aromatic heterocycles. The summed E-state index contributed by atoms with van der Waals surface area (Å²) in [6.45, 7) is 0.131. The third-order valence-electron chi connectivity index (χ3n) is 3.33. The molecule has 0 aliphatic carbocycles. The van der Waals surface area contributed by atoms with Crippen molar-refractivity contribution in [2.24, 2.45) is 0 Å². The van der Waals surface area contributed by atoms with Gasteiger partial charge in [0.1, 0.15) is 0 Å². The van der Waals surface area contributed by atoms with Crippen molar-refractivity contribution in [2.75, 3.05) is 0 Å². The van der Waals surface area contributed by atoms with E-state index in [1.165, 1.54) is 10.7 Å². The van der Waals surface area contributed by atoms with Crippen LogP contribution in [0.3, 0.4) is 0 Å². The van der Waals surface area contributed by atoms with Crippen LogP contribution in [-0.2, 0) is 6.54 Å². The number of carboxylic acids is 1. The van der Waals surface area contributed by atoms with E-state index in [4.69, 9.17) is 0 Å². The van der Waals surface area contributed by atoms with Gasteiger partial charge in [-0.2, -0.15) is 5.10 Å². The summed E-state index contributed by atoms with van der Waals surface area (Å²) >= 11 is 0. The monoisotopic (exact) mass is 280 g/mol. The minimum absolute atomic E-state index is 0.131. The van der Waals surface area contributed by atoms with Crippen LogP contribution in [0.5, 0.6) is 0 Å². The van der Waals surface area contributed by atoms with Crippen LogP contribution in [0.1, 0.15) is 15.9 Å². The Hall–Kier alpha value is -2.95. The third-order valence-corrected chi connectivity index (χ3v) is 3.33. The number of carboxylic acid groups (broad SMARTS) is 1. The average molecular weight is 280 g/mol. The molecule has 21 heavy (non-hydrogen) atoms. The summed E-state index contributed by atoms with van der Waals surface area (Å²) in [6, 6.07) is 13.8. The molecule has 0 radical (unpaired) electrons. The molecule has 0 unspecified atom stereocenters. The van der Waals surface area contributed by atoms with Gasteiger partial charge < -0.3 is 5.11 Å². The molecule has 5 nitrogen and oxygen atoms in total. The summed E-state index contributed by atoms with van der Waals surface area (Å²) < 4.78 is 1.28. The van der Waals surface area contributed by atoms with Crippen LogP contribution in [0.2, 0.25) is 0 Å². The molecule has 0 saturated carbocycles. The first kappa shape index (κ1) is 13.1. The lowest BCUT2D eigenvalue weighted by atomic mass is 10.1. The molecule has 0 bridgehead atoms. The first-order valence-corrected chi connectivity index (χ1v) is 6.43. The highest BCUT2D eigenvalue weighted by Crippen LogP contribution is 2.11. The van der Waals surface area contributed by atoms with Crippen LogP contribution in [-0.4, -0.2) is 20.9 Å². The van der Waals surface area contributed by atoms with Gasteiger partial charge in [0.15, 0.2) is 0 Å². The Kier molecular flexibility index (Phi) is 3.23. The molecule has 0 spiro atoms. The number of hydrogen-bond acceptors (Lipinski definition) is 3. The molecule has 1 heterocycles. The van der Waals surface area contributed by atoms with Gasteiger partial charge >= 0.3 is 5.97 Å². The molecule has 0 aliphatic rings. The lowest BCUT2D eigenvalue weighted by molar-refractivity contribution is 0.0695. The van der Waals surface area contributed by atoms with E-state index in [0.29, 0.717) is 10.9 Å². The largest absolute Gasteiger partial charge is 0.478 e. The summed E-state index contributed by atoms with van der Waals surface area (Å²) in [6.07, 6.45) is 1.61. The molecular weight excluding hydrogens is 268 g/mol. The molecule has 5 heteroatoms. The van der Waals surface area contributed by atoms with Gasteiger partial charge in [0, 0.05) is 5.39 Å². The number of aromatic carboxylic acids is 1. The Morgan fingerprint density at radius 1 is 1.10 bits per heavy atom. The lowest BCUT2D eigenvalue weighted by Gasteiger charge is -2.08. The number of fused-ring (bicyclic) bond motifs is 1. The van der Waals surface area contributed by atoms with Gasteiger partial charge in [0.2, 0.25) is 0 Å². The summed E-state index contributed by atoms with van der Waals surface area (Å²) in [4.78, 5) is 23.6. The van der Waals surface area contributed by atoms with E-state index >= 15 is 0 Å². The zero-order valence-corrected chi connectivity index (χ0v) is 11.1. The number of rotatable bonds is 3. The van der Waals surface area contributed by atoms with Gasteiger partial charge in [-0.1, -0.05) is 36.4 Å². The maximum atomic E-state index is 12.4. The van der Waals surface area contributed by atoms with Gasteiger partial charge in [0.05, 0.1) is 23.7 Å². The highest BCUT2D eigenvalue weighted by molar-refractivity contribution is 5.89. The predicted octanol–water partition coefficient (Wildman–Crippen LogP) is 2.14. The van der Waals surface area contributed by atoms with Gasteiger partial charge in [-0.3, -0.25) is 4.79 Å². The van der Waals surface area contributed by atoms with Crippen molar-refractivity contribution in [1.29, 1.82) is 0 Å². The number of hydrogen-bond donors (Lipinski definition) is 1. The van der Waals surface area contributed by atoms with Crippen LogP contribution < -0.4 is 5.56 Å². The summed E-state index contributed by atoms with van der Waals surface area (Å²) in [5.41, 5.74) is 0.502. The first-order chi connectivity index (χ1) is 10.2. The second kappa shape index (κ2) is 5.20. The second-order valence-corrected chi connectivity index (χ2v) is 4.66. The minimum atomic E-state index is -1.01. The van der Waals surface area contributed by atoms with Gasteiger partial charge in [-0.05, 0) is 17.7 Å². The normalized spacial score (nSPS) is 10.7. The van der Waals surface area contributed by atoms with Crippen LogP contribution >= 0.6 is 0 Å². The topological polar surface area (TPSA) is 72.2 Å². The fourth-order valence-corrected chi connectivity index (χ4v) is 2.27. The molecule has 0 amide bonds. The van der Waals surface area contributed by atoms with Gasteiger partial charge in [-0.15, -0.1) is 0 Å². The Morgan fingerprint density at radius 2 is 1.81 bits per heavy atom.